The molecule has 2 aromatic rings. The van der Waals surface area contributed by atoms with Gasteiger partial charge in [0.1, 0.15) is 5.75 Å². The lowest BCUT2D eigenvalue weighted by atomic mass is 9.77. The van der Waals surface area contributed by atoms with E-state index < -0.39 is 12.6 Å². The van der Waals surface area contributed by atoms with Crippen molar-refractivity contribution in [3.8, 4) is 5.75 Å². The number of hydrogen-bond donors (Lipinski definition) is 2. The summed E-state index contributed by atoms with van der Waals surface area (Å²) in [4.78, 5) is 11.1. The van der Waals surface area contributed by atoms with Crippen molar-refractivity contribution >= 4 is 11.7 Å². The molecule has 0 spiro atoms. The molecular weight excluding hydrogens is 340 g/mol. The van der Waals surface area contributed by atoms with Gasteiger partial charge in [-0.1, -0.05) is 24.3 Å². The van der Waals surface area contributed by atoms with Crippen molar-refractivity contribution in [1.29, 1.82) is 0 Å². The Kier molecular flexibility index (Phi) is 4.11. The minimum Gasteiger partial charge on any atom is -0.478 e. The number of rotatable bonds is 4. The summed E-state index contributed by atoms with van der Waals surface area (Å²) in [6, 6.07) is 11.8. The fourth-order valence-electron chi connectivity index (χ4n) is 3.91. The average Bonchev–Trinajstić information content (AvgIpc) is 3.11. The predicted molar refractivity (Wildman–Crippen MR) is 92.8 cm³/mol. The summed E-state index contributed by atoms with van der Waals surface area (Å²) in [6.07, 6.45) is 5.07. The molecule has 2 aromatic carbocycles. The maximum atomic E-state index is 12.5. The predicted octanol–water partition coefficient (Wildman–Crippen LogP) is 4.81. The van der Waals surface area contributed by atoms with Crippen molar-refractivity contribution in [3.05, 3.63) is 71.3 Å². The smallest absolute Gasteiger partial charge is 0.387 e. The van der Waals surface area contributed by atoms with Crippen molar-refractivity contribution in [1.82, 2.24) is 0 Å². The van der Waals surface area contributed by atoms with Crippen LogP contribution in [-0.4, -0.2) is 17.7 Å². The number of aromatic carboxylic acids is 1. The van der Waals surface area contributed by atoms with E-state index in [2.05, 4.69) is 22.2 Å². The van der Waals surface area contributed by atoms with Crippen molar-refractivity contribution in [2.45, 2.75) is 25.0 Å². The van der Waals surface area contributed by atoms with E-state index in [0.717, 1.165) is 23.2 Å². The topological polar surface area (TPSA) is 58.6 Å². The van der Waals surface area contributed by atoms with Crippen LogP contribution in [-0.2, 0) is 0 Å². The summed E-state index contributed by atoms with van der Waals surface area (Å²) in [5.41, 5.74) is 3.08. The number of carboxylic acids is 1. The number of alkyl halides is 2. The van der Waals surface area contributed by atoms with Crippen LogP contribution < -0.4 is 10.1 Å². The number of carbonyl (C=O) groups is 1. The first-order valence-electron chi connectivity index (χ1n) is 8.38. The maximum absolute atomic E-state index is 12.5. The van der Waals surface area contributed by atoms with Gasteiger partial charge in [0.05, 0.1) is 11.6 Å². The molecule has 2 N–H and O–H groups in total. The monoisotopic (exact) mass is 357 g/mol. The van der Waals surface area contributed by atoms with Gasteiger partial charge in [-0.25, -0.2) is 4.79 Å². The number of hydrogen-bond acceptors (Lipinski definition) is 3. The highest BCUT2D eigenvalue weighted by atomic mass is 19.3. The molecule has 0 fully saturated rings. The van der Waals surface area contributed by atoms with Crippen LogP contribution >= 0.6 is 0 Å². The molecule has 0 bridgehead atoms. The molecule has 0 aromatic heterocycles. The second-order valence-corrected chi connectivity index (χ2v) is 6.53. The van der Waals surface area contributed by atoms with Gasteiger partial charge in [0.2, 0.25) is 0 Å². The van der Waals surface area contributed by atoms with Crippen LogP contribution in [0.3, 0.4) is 0 Å². The Hall–Kier alpha value is -2.89. The van der Waals surface area contributed by atoms with Crippen molar-refractivity contribution in [2.75, 3.05) is 5.32 Å². The molecule has 1 unspecified atom stereocenters. The van der Waals surface area contributed by atoms with Crippen LogP contribution in [0.1, 0.15) is 39.9 Å². The largest absolute Gasteiger partial charge is 0.478 e. The van der Waals surface area contributed by atoms with Gasteiger partial charge in [-0.2, -0.15) is 8.78 Å². The van der Waals surface area contributed by atoms with E-state index >= 15 is 0 Å². The van der Waals surface area contributed by atoms with Gasteiger partial charge >= 0.3 is 12.6 Å². The van der Waals surface area contributed by atoms with Crippen LogP contribution in [0, 0.1) is 5.92 Å². The number of fused-ring (bicyclic) bond motifs is 3. The highest BCUT2D eigenvalue weighted by Gasteiger charge is 2.38. The van der Waals surface area contributed by atoms with Crippen molar-refractivity contribution in [3.63, 3.8) is 0 Å². The number of halogens is 2. The lowest BCUT2D eigenvalue weighted by molar-refractivity contribution is -0.0499. The first kappa shape index (κ1) is 16.6. The summed E-state index contributed by atoms with van der Waals surface area (Å²) >= 11 is 0. The molecule has 0 saturated carbocycles. The molecule has 4 rings (SSSR count). The van der Waals surface area contributed by atoms with E-state index in [-0.39, 0.29) is 29.2 Å². The molecule has 0 saturated heterocycles. The summed E-state index contributed by atoms with van der Waals surface area (Å²) in [6.45, 7) is -2.85. The molecule has 1 aliphatic carbocycles. The SMILES string of the molecule is O=C(O)c1ccc(C2Nc3ccc(OC(F)F)cc3[C@@H]3C=CC[C@H]23)cc1. The molecule has 2 aliphatic rings. The third kappa shape index (κ3) is 2.92. The number of nitrogens with one attached hydrogen (secondary N) is 1. The second-order valence-electron chi connectivity index (χ2n) is 6.53. The van der Waals surface area contributed by atoms with E-state index in [9.17, 15) is 13.6 Å². The lowest BCUT2D eigenvalue weighted by Crippen LogP contribution is -2.29. The quantitative estimate of drug-likeness (QED) is 0.771. The summed E-state index contributed by atoms with van der Waals surface area (Å²) in [5, 5.41) is 12.5. The van der Waals surface area contributed by atoms with Gasteiger partial charge in [0.15, 0.2) is 0 Å². The molecular formula is C20H17F2NO3. The van der Waals surface area contributed by atoms with E-state index in [1.807, 2.05) is 12.1 Å². The van der Waals surface area contributed by atoms with Crippen molar-refractivity contribution < 1.29 is 23.4 Å². The van der Waals surface area contributed by atoms with Crippen LogP contribution in [0.15, 0.2) is 54.6 Å². The Balaban J connectivity index is 1.67. The summed E-state index contributed by atoms with van der Waals surface area (Å²) in [7, 11) is 0. The average molecular weight is 357 g/mol. The fourth-order valence-corrected chi connectivity index (χ4v) is 3.91. The van der Waals surface area contributed by atoms with Crippen molar-refractivity contribution in [2.24, 2.45) is 5.92 Å². The number of benzene rings is 2. The Morgan fingerprint density at radius 1 is 1.19 bits per heavy atom. The summed E-state index contributed by atoms with van der Waals surface area (Å²) < 4.78 is 29.5. The van der Waals surface area contributed by atoms with Crippen LogP contribution in [0.25, 0.3) is 0 Å². The van der Waals surface area contributed by atoms with Crippen LogP contribution in [0.2, 0.25) is 0 Å². The molecule has 1 aliphatic heterocycles. The zero-order valence-electron chi connectivity index (χ0n) is 13.7. The third-order valence-electron chi connectivity index (χ3n) is 5.08. The molecule has 134 valence electrons. The van der Waals surface area contributed by atoms with E-state index in [4.69, 9.17) is 5.11 Å². The fraction of sp³-hybridized carbons (Fsp3) is 0.250. The van der Waals surface area contributed by atoms with Gasteiger partial charge in [-0.15, -0.1) is 0 Å². The highest BCUT2D eigenvalue weighted by Crippen LogP contribution is 2.50. The van der Waals surface area contributed by atoms with Gasteiger partial charge in [0.25, 0.3) is 0 Å². The summed E-state index contributed by atoms with van der Waals surface area (Å²) in [5.74, 6) is -0.453. The molecule has 1 heterocycles. The standard InChI is InChI=1S/C20H17F2NO3/c21-20(22)26-13-8-9-17-16(10-13)14-2-1-3-15(14)18(23-17)11-4-6-12(7-5-11)19(24)25/h1-2,4-10,14-15,18,20,23H,3H2,(H,24,25)/t14-,15+,18?/m1/s1. The number of allylic oxidation sites excluding steroid dienone is 2. The van der Waals surface area contributed by atoms with Crippen LogP contribution in [0.4, 0.5) is 14.5 Å². The highest BCUT2D eigenvalue weighted by molar-refractivity contribution is 5.87. The van der Waals surface area contributed by atoms with Gasteiger partial charge in [-0.05, 0) is 53.8 Å². The van der Waals surface area contributed by atoms with Gasteiger partial charge < -0.3 is 15.2 Å². The molecule has 4 nitrogen and oxygen atoms in total. The zero-order valence-corrected chi connectivity index (χ0v) is 13.7. The zero-order chi connectivity index (χ0) is 18.3. The van der Waals surface area contributed by atoms with E-state index in [0.29, 0.717) is 0 Å². The Morgan fingerprint density at radius 2 is 1.96 bits per heavy atom. The Morgan fingerprint density at radius 3 is 2.65 bits per heavy atom. The van der Waals surface area contributed by atoms with Crippen LogP contribution in [0.5, 0.6) is 5.75 Å². The molecule has 6 heteroatoms. The second kappa shape index (κ2) is 6.44. The van der Waals surface area contributed by atoms with E-state index in [1.54, 1.807) is 24.3 Å². The minimum atomic E-state index is -2.85. The Labute approximate surface area is 149 Å². The Bertz CT molecular complexity index is 864. The van der Waals surface area contributed by atoms with E-state index in [1.165, 1.54) is 6.07 Å². The lowest BCUT2D eigenvalue weighted by Gasteiger charge is -2.37. The molecule has 26 heavy (non-hydrogen) atoms. The minimum absolute atomic E-state index is 0.0206. The molecule has 0 amide bonds. The number of anilines is 1. The van der Waals surface area contributed by atoms with Gasteiger partial charge in [-0.3, -0.25) is 0 Å². The van der Waals surface area contributed by atoms with Gasteiger partial charge in [0, 0.05) is 11.6 Å². The molecule has 0 radical (unpaired) electrons. The number of carboxylic acid groups (broad SMARTS) is 1. The normalized spacial score (nSPS) is 23.3. The third-order valence-corrected chi connectivity index (χ3v) is 5.08. The number of ether oxygens (including phenoxy) is 1. The maximum Gasteiger partial charge on any atom is 0.387 e. The molecule has 3 atom stereocenters. The first-order chi connectivity index (χ1) is 12.5. The first-order valence-corrected chi connectivity index (χ1v) is 8.38.